The van der Waals surface area contributed by atoms with Gasteiger partial charge in [0.05, 0.1) is 6.10 Å². The molecular weight excluding hydrogens is 288 g/mol. The van der Waals surface area contributed by atoms with E-state index in [0.717, 1.165) is 17.7 Å². The third kappa shape index (κ3) is 3.61. The molecule has 2 aromatic carbocycles. The molecule has 0 spiro atoms. The molecule has 0 aliphatic carbocycles. The van der Waals surface area contributed by atoms with Gasteiger partial charge in [-0.3, -0.25) is 0 Å². The second kappa shape index (κ2) is 6.85. The van der Waals surface area contributed by atoms with Gasteiger partial charge in [0.25, 0.3) is 0 Å². The van der Waals surface area contributed by atoms with Gasteiger partial charge in [-0.1, -0.05) is 24.3 Å². The second-order valence-electron chi connectivity index (χ2n) is 5.37. The van der Waals surface area contributed by atoms with E-state index in [0.29, 0.717) is 17.7 Å². The fourth-order valence-electron chi connectivity index (χ4n) is 2.23. The lowest BCUT2D eigenvalue weighted by Gasteiger charge is -2.21. The first-order valence-electron chi connectivity index (χ1n) is 7.04. The zero-order valence-electron chi connectivity index (χ0n) is 12.5. The van der Waals surface area contributed by atoms with E-state index >= 15 is 0 Å². The van der Waals surface area contributed by atoms with E-state index in [1.165, 1.54) is 6.07 Å². The van der Waals surface area contributed by atoms with Crippen LogP contribution in [0, 0.1) is 18.6 Å². The molecule has 0 radical (unpaired) electrons. The molecule has 0 fully saturated rings. The van der Waals surface area contributed by atoms with Gasteiger partial charge in [0.1, 0.15) is 5.75 Å². The van der Waals surface area contributed by atoms with Crippen LogP contribution in [0.4, 0.5) is 8.78 Å². The Kier molecular flexibility index (Phi) is 5.11. The average molecular weight is 307 g/mol. The number of aliphatic hydroxyl groups excluding tert-OH is 1. The monoisotopic (exact) mass is 307 g/mol. The Balaban J connectivity index is 2.03. The van der Waals surface area contributed by atoms with E-state index in [-0.39, 0.29) is 5.75 Å². The predicted molar refractivity (Wildman–Crippen MR) is 80.5 cm³/mol. The first-order valence-corrected chi connectivity index (χ1v) is 7.04. The summed E-state index contributed by atoms with van der Waals surface area (Å²) in [6.45, 7) is 3.90. The summed E-state index contributed by atoms with van der Waals surface area (Å²) in [5.41, 5.74) is 1.78. The highest BCUT2D eigenvalue weighted by Gasteiger charge is 2.18. The number of hydrogen-bond donors (Lipinski definition) is 3. The van der Waals surface area contributed by atoms with Crippen molar-refractivity contribution in [3.63, 3.8) is 0 Å². The van der Waals surface area contributed by atoms with Gasteiger partial charge in [0.15, 0.2) is 11.6 Å². The quantitative estimate of drug-likeness (QED) is 0.795. The van der Waals surface area contributed by atoms with Crippen molar-refractivity contribution in [1.82, 2.24) is 5.32 Å². The number of nitrogens with one attached hydrogen (secondary N) is 1. The van der Waals surface area contributed by atoms with E-state index < -0.39 is 23.8 Å². The Labute approximate surface area is 128 Å². The van der Waals surface area contributed by atoms with Crippen molar-refractivity contribution in [2.45, 2.75) is 32.5 Å². The molecule has 0 amide bonds. The van der Waals surface area contributed by atoms with Gasteiger partial charge in [0.2, 0.25) is 0 Å². The topological polar surface area (TPSA) is 52.5 Å². The Hall–Kier alpha value is -1.98. The molecule has 0 heterocycles. The highest BCUT2D eigenvalue weighted by atomic mass is 19.2. The summed E-state index contributed by atoms with van der Waals surface area (Å²) in [6, 6.07) is 8.36. The standard InChI is InChI=1S/C17H19F2NO2/c1-10-4-3-5-13(16(10)21)9-20-11(2)17(22)12-6-7-14(18)15(19)8-12/h3-8,11,17,20-22H,9H2,1-2H3. The summed E-state index contributed by atoms with van der Waals surface area (Å²) >= 11 is 0. The van der Waals surface area contributed by atoms with Crippen LogP contribution in [0.15, 0.2) is 36.4 Å². The molecule has 2 rings (SSSR count). The molecule has 0 saturated carbocycles. The van der Waals surface area contributed by atoms with Crippen molar-refractivity contribution in [3.05, 3.63) is 64.7 Å². The Morgan fingerprint density at radius 1 is 1.14 bits per heavy atom. The Morgan fingerprint density at radius 3 is 2.55 bits per heavy atom. The van der Waals surface area contributed by atoms with Gasteiger partial charge >= 0.3 is 0 Å². The molecule has 2 atom stereocenters. The summed E-state index contributed by atoms with van der Waals surface area (Å²) in [4.78, 5) is 0. The van der Waals surface area contributed by atoms with Crippen molar-refractivity contribution in [2.75, 3.05) is 0 Å². The van der Waals surface area contributed by atoms with Gasteiger partial charge in [-0.05, 0) is 37.1 Å². The fraction of sp³-hybridized carbons (Fsp3) is 0.294. The highest BCUT2D eigenvalue weighted by Crippen LogP contribution is 2.23. The molecule has 0 aliphatic rings. The van der Waals surface area contributed by atoms with E-state index in [2.05, 4.69) is 5.32 Å². The molecule has 5 heteroatoms. The molecular formula is C17H19F2NO2. The number of phenolic OH excluding ortho intramolecular Hbond substituents is 1. The van der Waals surface area contributed by atoms with E-state index in [4.69, 9.17) is 0 Å². The van der Waals surface area contributed by atoms with Crippen LogP contribution in [0.2, 0.25) is 0 Å². The number of hydrogen-bond acceptors (Lipinski definition) is 3. The fourth-order valence-corrected chi connectivity index (χ4v) is 2.23. The van der Waals surface area contributed by atoms with Crippen molar-refractivity contribution >= 4 is 0 Å². The number of phenols is 1. The van der Waals surface area contributed by atoms with E-state index in [9.17, 15) is 19.0 Å². The van der Waals surface area contributed by atoms with Gasteiger partial charge < -0.3 is 15.5 Å². The van der Waals surface area contributed by atoms with Crippen LogP contribution in [0.3, 0.4) is 0 Å². The van der Waals surface area contributed by atoms with Crippen LogP contribution in [-0.4, -0.2) is 16.3 Å². The molecule has 118 valence electrons. The number of aryl methyl sites for hydroxylation is 1. The van der Waals surface area contributed by atoms with Gasteiger partial charge in [-0.25, -0.2) is 8.78 Å². The molecule has 2 aromatic rings. The zero-order chi connectivity index (χ0) is 16.3. The molecule has 22 heavy (non-hydrogen) atoms. The van der Waals surface area contributed by atoms with Crippen LogP contribution >= 0.6 is 0 Å². The maximum absolute atomic E-state index is 13.2. The maximum Gasteiger partial charge on any atom is 0.159 e. The van der Waals surface area contributed by atoms with Crippen LogP contribution in [0.5, 0.6) is 5.75 Å². The maximum atomic E-state index is 13.2. The predicted octanol–water partition coefficient (Wildman–Crippen LogP) is 3.19. The minimum Gasteiger partial charge on any atom is -0.507 e. The van der Waals surface area contributed by atoms with Gasteiger partial charge in [-0.2, -0.15) is 0 Å². The Bertz CT molecular complexity index is 661. The van der Waals surface area contributed by atoms with E-state index in [1.54, 1.807) is 26.0 Å². The summed E-state index contributed by atoms with van der Waals surface area (Å²) in [6.07, 6.45) is -0.984. The molecule has 0 bridgehead atoms. The largest absolute Gasteiger partial charge is 0.507 e. The minimum absolute atomic E-state index is 0.213. The lowest BCUT2D eigenvalue weighted by molar-refractivity contribution is 0.134. The third-order valence-corrected chi connectivity index (χ3v) is 3.69. The van der Waals surface area contributed by atoms with E-state index in [1.807, 2.05) is 6.07 Å². The summed E-state index contributed by atoms with van der Waals surface area (Å²) in [5.74, 6) is -1.72. The van der Waals surface area contributed by atoms with Crippen molar-refractivity contribution in [2.24, 2.45) is 0 Å². The number of aromatic hydroxyl groups is 1. The molecule has 0 aliphatic heterocycles. The van der Waals surface area contributed by atoms with Crippen LogP contribution in [0.1, 0.15) is 29.7 Å². The second-order valence-corrected chi connectivity index (χ2v) is 5.37. The van der Waals surface area contributed by atoms with Gasteiger partial charge in [-0.15, -0.1) is 0 Å². The lowest BCUT2D eigenvalue weighted by Crippen LogP contribution is -2.31. The number of rotatable bonds is 5. The molecule has 0 aromatic heterocycles. The minimum atomic E-state index is -0.986. The SMILES string of the molecule is Cc1cccc(CNC(C)C(O)c2ccc(F)c(F)c2)c1O. The van der Waals surface area contributed by atoms with Crippen molar-refractivity contribution < 1.29 is 19.0 Å². The number of halogens is 2. The Morgan fingerprint density at radius 2 is 1.86 bits per heavy atom. The molecule has 3 nitrogen and oxygen atoms in total. The number of aliphatic hydroxyl groups is 1. The normalized spacial score (nSPS) is 13.9. The molecule has 3 N–H and O–H groups in total. The first-order chi connectivity index (χ1) is 10.4. The first kappa shape index (κ1) is 16.4. The molecule has 2 unspecified atom stereocenters. The third-order valence-electron chi connectivity index (χ3n) is 3.69. The molecule has 0 saturated heterocycles. The van der Waals surface area contributed by atoms with Crippen molar-refractivity contribution in [3.8, 4) is 5.75 Å². The van der Waals surface area contributed by atoms with Crippen molar-refractivity contribution in [1.29, 1.82) is 0 Å². The summed E-state index contributed by atoms with van der Waals surface area (Å²) < 4.78 is 26.1. The number of benzene rings is 2. The van der Waals surface area contributed by atoms with Crippen LogP contribution in [-0.2, 0) is 6.54 Å². The van der Waals surface area contributed by atoms with Gasteiger partial charge in [0, 0.05) is 18.2 Å². The van der Waals surface area contributed by atoms with Crippen LogP contribution in [0.25, 0.3) is 0 Å². The summed E-state index contributed by atoms with van der Waals surface area (Å²) in [5, 5.41) is 23.2. The lowest BCUT2D eigenvalue weighted by atomic mass is 10.0. The summed E-state index contributed by atoms with van der Waals surface area (Å²) in [7, 11) is 0. The number of para-hydroxylation sites is 1. The zero-order valence-corrected chi connectivity index (χ0v) is 12.5. The average Bonchev–Trinajstić information content (AvgIpc) is 2.50. The van der Waals surface area contributed by atoms with Crippen LogP contribution < -0.4 is 5.32 Å². The smallest absolute Gasteiger partial charge is 0.159 e. The highest BCUT2D eigenvalue weighted by molar-refractivity contribution is 5.39.